The number of nitrogens with zero attached hydrogens (tertiary/aromatic N) is 2. The molecule has 1 aliphatic heterocycles. The summed E-state index contributed by atoms with van der Waals surface area (Å²) in [7, 11) is -3.50. The van der Waals surface area contributed by atoms with Crippen molar-refractivity contribution in [2.45, 2.75) is 37.8 Å². The largest absolute Gasteiger partial charge is 0.350 e. The van der Waals surface area contributed by atoms with E-state index < -0.39 is 10.0 Å². The number of piperidine rings is 1. The van der Waals surface area contributed by atoms with Crippen LogP contribution in [0.5, 0.6) is 0 Å². The van der Waals surface area contributed by atoms with Gasteiger partial charge in [0.05, 0.1) is 4.90 Å². The molecule has 0 atom stereocenters. The van der Waals surface area contributed by atoms with E-state index in [0.717, 1.165) is 29.3 Å². The van der Waals surface area contributed by atoms with Crippen molar-refractivity contribution >= 4 is 38.4 Å². The molecule has 0 saturated carbocycles. The van der Waals surface area contributed by atoms with Crippen LogP contribution in [-0.2, 0) is 27.9 Å². The SMILES string of the molecule is CC1CCN(S(=O)(=O)c2ccc3c(ccn3CC(=O)NCc3ccc(Cl)cc3)c2)CC1. The molecule has 0 unspecified atom stereocenters. The predicted molar refractivity (Wildman–Crippen MR) is 122 cm³/mol. The van der Waals surface area contributed by atoms with Gasteiger partial charge in [-0.15, -0.1) is 0 Å². The van der Waals surface area contributed by atoms with Gasteiger partial charge in [-0.3, -0.25) is 4.79 Å². The topological polar surface area (TPSA) is 71.4 Å². The van der Waals surface area contributed by atoms with Gasteiger partial charge in [0.1, 0.15) is 6.54 Å². The molecule has 1 amide bonds. The number of fused-ring (bicyclic) bond motifs is 1. The lowest BCUT2D eigenvalue weighted by atomic mass is 10.0. The molecule has 2 aromatic carbocycles. The Morgan fingerprint density at radius 3 is 2.52 bits per heavy atom. The van der Waals surface area contributed by atoms with E-state index in [1.165, 1.54) is 0 Å². The number of benzene rings is 2. The second kappa shape index (κ2) is 9.02. The third-order valence-corrected chi connectivity index (χ3v) is 7.99. The first-order valence-corrected chi connectivity index (χ1v) is 12.2. The van der Waals surface area contributed by atoms with Gasteiger partial charge in [-0.2, -0.15) is 4.31 Å². The number of hydrogen-bond acceptors (Lipinski definition) is 3. The van der Waals surface area contributed by atoms with Gasteiger partial charge in [-0.1, -0.05) is 30.7 Å². The van der Waals surface area contributed by atoms with Gasteiger partial charge in [0.25, 0.3) is 0 Å². The van der Waals surface area contributed by atoms with Crippen molar-refractivity contribution < 1.29 is 13.2 Å². The summed E-state index contributed by atoms with van der Waals surface area (Å²) < 4.78 is 29.4. The number of halogens is 1. The second-order valence-electron chi connectivity index (χ2n) is 8.15. The maximum atomic E-state index is 13.0. The van der Waals surface area contributed by atoms with E-state index in [9.17, 15) is 13.2 Å². The third kappa shape index (κ3) is 4.95. The molecule has 1 N–H and O–H groups in total. The lowest BCUT2D eigenvalue weighted by molar-refractivity contribution is -0.121. The van der Waals surface area contributed by atoms with E-state index >= 15 is 0 Å². The van der Waals surface area contributed by atoms with Crippen LogP contribution >= 0.6 is 11.6 Å². The molecular formula is C23H26ClN3O3S. The summed E-state index contributed by atoms with van der Waals surface area (Å²) in [6.45, 7) is 3.87. The number of aromatic nitrogens is 1. The third-order valence-electron chi connectivity index (χ3n) is 5.84. The molecule has 4 rings (SSSR count). The minimum Gasteiger partial charge on any atom is -0.350 e. The number of amides is 1. The highest BCUT2D eigenvalue weighted by Crippen LogP contribution is 2.26. The summed E-state index contributed by atoms with van der Waals surface area (Å²) in [4.78, 5) is 12.7. The molecule has 164 valence electrons. The predicted octanol–water partition coefficient (Wildman–Crippen LogP) is 4.03. The number of rotatable bonds is 6. The van der Waals surface area contributed by atoms with Crippen LogP contribution in [0.15, 0.2) is 59.6 Å². The van der Waals surface area contributed by atoms with Crippen molar-refractivity contribution in [1.82, 2.24) is 14.2 Å². The summed E-state index contributed by atoms with van der Waals surface area (Å²) in [5, 5.41) is 4.36. The zero-order valence-electron chi connectivity index (χ0n) is 17.4. The number of hydrogen-bond donors (Lipinski definition) is 1. The van der Waals surface area contributed by atoms with Crippen LogP contribution in [0.25, 0.3) is 10.9 Å². The Labute approximate surface area is 187 Å². The Balaban J connectivity index is 1.44. The van der Waals surface area contributed by atoms with Gasteiger partial charge in [0, 0.05) is 41.8 Å². The zero-order valence-corrected chi connectivity index (χ0v) is 19.0. The summed E-state index contributed by atoms with van der Waals surface area (Å²) in [6, 6.07) is 14.3. The summed E-state index contributed by atoms with van der Waals surface area (Å²) >= 11 is 5.88. The van der Waals surface area contributed by atoms with Crippen LogP contribution in [0.3, 0.4) is 0 Å². The Kier molecular flexibility index (Phi) is 6.36. The van der Waals surface area contributed by atoms with Crippen LogP contribution in [0.4, 0.5) is 0 Å². The maximum Gasteiger partial charge on any atom is 0.243 e. The normalized spacial score (nSPS) is 15.9. The van der Waals surface area contributed by atoms with E-state index in [1.807, 2.05) is 29.0 Å². The first-order chi connectivity index (χ1) is 14.8. The second-order valence-corrected chi connectivity index (χ2v) is 10.5. The lowest BCUT2D eigenvalue weighted by Gasteiger charge is -2.29. The van der Waals surface area contributed by atoms with Gasteiger partial charge >= 0.3 is 0 Å². The summed E-state index contributed by atoms with van der Waals surface area (Å²) in [6.07, 6.45) is 3.59. The molecule has 8 heteroatoms. The number of sulfonamides is 1. The van der Waals surface area contributed by atoms with Crippen molar-refractivity contribution in [3.63, 3.8) is 0 Å². The first kappa shape index (κ1) is 21.9. The number of carbonyl (C=O) groups excluding carboxylic acids is 1. The molecule has 1 fully saturated rings. The Hall–Kier alpha value is -2.35. The van der Waals surface area contributed by atoms with Gasteiger partial charge in [0.2, 0.25) is 15.9 Å². The van der Waals surface area contributed by atoms with E-state index in [4.69, 9.17) is 11.6 Å². The highest BCUT2D eigenvalue weighted by molar-refractivity contribution is 7.89. The lowest BCUT2D eigenvalue weighted by Crippen LogP contribution is -2.37. The Bertz CT molecular complexity index is 1180. The van der Waals surface area contributed by atoms with Crippen molar-refractivity contribution in [2.75, 3.05) is 13.1 Å². The summed E-state index contributed by atoms with van der Waals surface area (Å²) in [5.41, 5.74) is 1.80. The molecule has 0 radical (unpaired) electrons. The van der Waals surface area contributed by atoms with Crippen LogP contribution in [0, 0.1) is 5.92 Å². The molecule has 1 saturated heterocycles. The molecule has 6 nitrogen and oxygen atoms in total. The van der Waals surface area contributed by atoms with Gasteiger partial charge in [0.15, 0.2) is 0 Å². The van der Waals surface area contributed by atoms with Crippen LogP contribution in [-0.4, -0.2) is 36.3 Å². The van der Waals surface area contributed by atoms with E-state index in [-0.39, 0.29) is 12.5 Å². The highest BCUT2D eigenvalue weighted by atomic mass is 35.5. The van der Waals surface area contributed by atoms with Crippen molar-refractivity contribution in [3.8, 4) is 0 Å². The van der Waals surface area contributed by atoms with Gasteiger partial charge in [-0.25, -0.2) is 8.42 Å². The molecule has 1 aliphatic rings. The Morgan fingerprint density at radius 1 is 1.10 bits per heavy atom. The molecule has 1 aromatic heterocycles. The molecule has 2 heterocycles. The average molecular weight is 460 g/mol. The minimum atomic E-state index is -3.50. The Morgan fingerprint density at radius 2 is 1.81 bits per heavy atom. The fourth-order valence-corrected chi connectivity index (χ4v) is 5.50. The number of nitrogens with one attached hydrogen (secondary N) is 1. The van der Waals surface area contributed by atoms with E-state index in [1.54, 1.807) is 34.6 Å². The monoisotopic (exact) mass is 459 g/mol. The number of carbonyl (C=O) groups is 1. The molecule has 31 heavy (non-hydrogen) atoms. The standard InChI is InChI=1S/C23H26ClN3O3S/c1-17-8-12-27(13-9-17)31(29,30)21-6-7-22-19(14-21)10-11-26(22)16-23(28)25-15-18-2-4-20(24)5-3-18/h2-7,10-11,14,17H,8-9,12-13,15-16H2,1H3,(H,25,28). The average Bonchev–Trinajstić information content (AvgIpc) is 3.15. The van der Waals surface area contributed by atoms with E-state index in [0.29, 0.717) is 35.5 Å². The zero-order chi connectivity index (χ0) is 22.0. The summed E-state index contributed by atoms with van der Waals surface area (Å²) in [5.74, 6) is 0.445. The van der Waals surface area contributed by atoms with Crippen LogP contribution in [0.2, 0.25) is 5.02 Å². The van der Waals surface area contributed by atoms with Crippen molar-refractivity contribution in [2.24, 2.45) is 5.92 Å². The van der Waals surface area contributed by atoms with Crippen molar-refractivity contribution in [3.05, 3.63) is 65.3 Å². The van der Waals surface area contributed by atoms with E-state index in [2.05, 4.69) is 12.2 Å². The van der Waals surface area contributed by atoms with Gasteiger partial charge < -0.3 is 9.88 Å². The fourth-order valence-electron chi connectivity index (χ4n) is 3.86. The van der Waals surface area contributed by atoms with Crippen LogP contribution in [0.1, 0.15) is 25.3 Å². The fraction of sp³-hybridized carbons (Fsp3) is 0.348. The molecule has 0 aliphatic carbocycles. The quantitative estimate of drug-likeness (QED) is 0.604. The highest BCUT2D eigenvalue weighted by Gasteiger charge is 2.28. The maximum absolute atomic E-state index is 13.0. The van der Waals surface area contributed by atoms with Crippen molar-refractivity contribution in [1.29, 1.82) is 0 Å². The van der Waals surface area contributed by atoms with Crippen LogP contribution < -0.4 is 5.32 Å². The first-order valence-electron chi connectivity index (χ1n) is 10.4. The molecule has 0 bridgehead atoms. The molecular weight excluding hydrogens is 434 g/mol. The minimum absolute atomic E-state index is 0.119. The van der Waals surface area contributed by atoms with Gasteiger partial charge in [-0.05, 0) is 60.7 Å². The smallest absolute Gasteiger partial charge is 0.243 e. The molecule has 0 spiro atoms. The molecule has 3 aromatic rings.